The Morgan fingerprint density at radius 1 is 1.21 bits per heavy atom. The van der Waals surface area contributed by atoms with Crippen LogP contribution < -0.4 is 11.1 Å². The minimum atomic E-state index is -1.07. The highest BCUT2D eigenvalue weighted by Gasteiger charge is 2.33. The molecule has 1 aromatic carbocycles. The zero-order chi connectivity index (χ0) is 14.6. The summed E-state index contributed by atoms with van der Waals surface area (Å²) in [5.41, 5.74) is 5.89. The summed E-state index contributed by atoms with van der Waals surface area (Å²) < 4.78 is 0. The van der Waals surface area contributed by atoms with Crippen LogP contribution in [0.5, 0.6) is 0 Å². The summed E-state index contributed by atoms with van der Waals surface area (Å²) in [7, 11) is 0. The van der Waals surface area contributed by atoms with E-state index in [9.17, 15) is 9.59 Å². The molecule has 1 unspecified atom stereocenters. The molecule has 0 saturated heterocycles. The maximum absolute atomic E-state index is 12.0. The van der Waals surface area contributed by atoms with Gasteiger partial charge in [-0.3, -0.25) is 4.79 Å². The maximum Gasteiger partial charge on any atom is 0.326 e. The Balaban J connectivity index is 2.81. The van der Waals surface area contributed by atoms with Gasteiger partial charge >= 0.3 is 5.97 Å². The normalized spacial score (nSPS) is 14.5. The number of aliphatic carboxylic acids is 1. The molecule has 0 heterocycles. The number of hydrogen-bond acceptors (Lipinski definition) is 3. The van der Waals surface area contributed by atoms with E-state index in [2.05, 4.69) is 5.32 Å². The number of hydrogen-bond donors (Lipinski definition) is 3. The first-order chi connectivity index (χ1) is 8.73. The van der Waals surface area contributed by atoms with Crippen LogP contribution in [0.2, 0.25) is 0 Å². The van der Waals surface area contributed by atoms with Crippen LogP contribution in [0.25, 0.3) is 0 Å². The van der Waals surface area contributed by atoms with Crippen LogP contribution >= 0.6 is 0 Å². The first-order valence-corrected chi connectivity index (χ1v) is 6.07. The van der Waals surface area contributed by atoms with E-state index in [-0.39, 0.29) is 0 Å². The molecule has 2 atom stereocenters. The second kappa shape index (κ2) is 5.84. The maximum atomic E-state index is 12.0. The monoisotopic (exact) mass is 264 g/mol. The van der Waals surface area contributed by atoms with E-state index in [1.165, 1.54) is 0 Å². The molecule has 0 aromatic heterocycles. The quantitative estimate of drug-likeness (QED) is 0.764. The summed E-state index contributed by atoms with van der Waals surface area (Å²) in [6.45, 7) is 5.25. The van der Waals surface area contributed by atoms with Crippen molar-refractivity contribution in [3.8, 4) is 0 Å². The van der Waals surface area contributed by atoms with Crippen molar-refractivity contribution in [1.29, 1.82) is 0 Å². The third kappa shape index (κ3) is 4.06. The number of rotatable bonds is 4. The number of nitrogens with two attached hydrogens (primary N) is 1. The van der Waals surface area contributed by atoms with E-state index in [4.69, 9.17) is 10.8 Å². The van der Waals surface area contributed by atoms with Crippen molar-refractivity contribution in [2.75, 3.05) is 0 Å². The molecular weight excluding hydrogens is 244 g/mol. The molecule has 1 aromatic rings. The fraction of sp³-hybridized carbons (Fsp3) is 0.429. The van der Waals surface area contributed by atoms with Crippen molar-refractivity contribution in [3.63, 3.8) is 0 Å². The molecule has 1 amide bonds. The van der Waals surface area contributed by atoms with Gasteiger partial charge in [0.1, 0.15) is 12.1 Å². The molecule has 5 nitrogen and oxygen atoms in total. The molecule has 19 heavy (non-hydrogen) atoms. The minimum Gasteiger partial charge on any atom is -0.480 e. The Kier molecular flexibility index (Phi) is 4.67. The highest BCUT2D eigenvalue weighted by molar-refractivity contribution is 5.88. The molecular formula is C14H20N2O3. The predicted octanol–water partition coefficient (Wildman–Crippen LogP) is 1.30. The summed E-state index contributed by atoms with van der Waals surface area (Å²) in [5, 5.41) is 11.6. The highest BCUT2D eigenvalue weighted by atomic mass is 16.4. The molecule has 0 saturated carbocycles. The van der Waals surface area contributed by atoms with Crippen LogP contribution in [0, 0.1) is 5.41 Å². The molecule has 104 valence electrons. The standard InChI is InChI=1S/C14H20N2O3/c1-14(2,3)11(13(18)19)16-12(17)10(15)9-7-5-4-6-8-9/h4-8,10-11H,15H2,1-3H3,(H,16,17)(H,18,19)/t10?,11-/m1/s1. The van der Waals surface area contributed by atoms with E-state index < -0.39 is 29.4 Å². The lowest BCUT2D eigenvalue weighted by Gasteiger charge is -2.28. The van der Waals surface area contributed by atoms with Gasteiger partial charge in [0.25, 0.3) is 0 Å². The SMILES string of the molecule is CC(C)(C)[C@H](NC(=O)C(N)c1ccccc1)C(=O)O. The smallest absolute Gasteiger partial charge is 0.326 e. The zero-order valence-electron chi connectivity index (χ0n) is 11.4. The molecule has 5 heteroatoms. The van der Waals surface area contributed by atoms with Crippen LogP contribution in [0.15, 0.2) is 30.3 Å². The summed E-state index contributed by atoms with van der Waals surface area (Å²) in [4.78, 5) is 23.2. The topological polar surface area (TPSA) is 92.4 Å². The Labute approximate surface area is 112 Å². The van der Waals surface area contributed by atoms with Crippen LogP contribution in [0.4, 0.5) is 0 Å². The summed E-state index contributed by atoms with van der Waals surface area (Å²) >= 11 is 0. The lowest BCUT2D eigenvalue weighted by atomic mass is 9.86. The van der Waals surface area contributed by atoms with Crippen molar-refractivity contribution >= 4 is 11.9 Å². The van der Waals surface area contributed by atoms with Gasteiger partial charge in [0.05, 0.1) is 0 Å². The predicted molar refractivity (Wildman–Crippen MR) is 72.4 cm³/mol. The lowest BCUT2D eigenvalue weighted by molar-refractivity contribution is -0.145. The molecule has 4 N–H and O–H groups in total. The third-order valence-electron chi connectivity index (χ3n) is 2.84. The molecule has 0 fully saturated rings. The van der Waals surface area contributed by atoms with Gasteiger partial charge in [0, 0.05) is 0 Å². The number of carbonyl (C=O) groups is 2. The van der Waals surface area contributed by atoms with Gasteiger partial charge in [0.2, 0.25) is 5.91 Å². The Morgan fingerprint density at radius 3 is 2.16 bits per heavy atom. The van der Waals surface area contributed by atoms with E-state index in [1.54, 1.807) is 45.0 Å². The second-order valence-corrected chi connectivity index (χ2v) is 5.53. The van der Waals surface area contributed by atoms with E-state index in [0.717, 1.165) is 0 Å². The minimum absolute atomic E-state index is 0.492. The Morgan fingerprint density at radius 2 is 1.74 bits per heavy atom. The molecule has 1 rings (SSSR count). The van der Waals surface area contributed by atoms with Gasteiger partial charge in [-0.1, -0.05) is 51.1 Å². The van der Waals surface area contributed by atoms with Gasteiger partial charge in [-0.25, -0.2) is 4.79 Å². The summed E-state index contributed by atoms with van der Waals surface area (Å²) in [6, 6.07) is 7.00. The van der Waals surface area contributed by atoms with Crippen molar-refractivity contribution in [2.45, 2.75) is 32.9 Å². The zero-order valence-corrected chi connectivity index (χ0v) is 11.4. The van der Waals surface area contributed by atoms with Gasteiger partial charge in [-0.15, -0.1) is 0 Å². The van der Waals surface area contributed by atoms with Crippen molar-refractivity contribution < 1.29 is 14.7 Å². The average molecular weight is 264 g/mol. The largest absolute Gasteiger partial charge is 0.480 e. The van der Waals surface area contributed by atoms with E-state index in [0.29, 0.717) is 5.56 Å². The molecule has 0 aliphatic heterocycles. The van der Waals surface area contributed by atoms with Gasteiger partial charge in [-0.05, 0) is 11.0 Å². The number of carboxylic acids is 1. The molecule has 0 radical (unpaired) electrons. The number of carbonyl (C=O) groups excluding carboxylic acids is 1. The second-order valence-electron chi connectivity index (χ2n) is 5.53. The van der Waals surface area contributed by atoms with E-state index >= 15 is 0 Å². The number of carboxylic acid groups (broad SMARTS) is 1. The van der Waals surface area contributed by atoms with Gasteiger partial charge in [0.15, 0.2) is 0 Å². The van der Waals surface area contributed by atoms with Crippen LogP contribution in [0.3, 0.4) is 0 Å². The first-order valence-electron chi connectivity index (χ1n) is 6.07. The van der Waals surface area contributed by atoms with Gasteiger partial charge in [-0.2, -0.15) is 0 Å². The van der Waals surface area contributed by atoms with Crippen molar-refractivity contribution in [1.82, 2.24) is 5.32 Å². The van der Waals surface area contributed by atoms with Crippen molar-refractivity contribution in [2.24, 2.45) is 11.1 Å². The lowest BCUT2D eigenvalue weighted by Crippen LogP contribution is -2.51. The molecule has 0 aliphatic carbocycles. The van der Waals surface area contributed by atoms with Crippen LogP contribution in [0.1, 0.15) is 32.4 Å². The summed E-state index contributed by atoms with van der Waals surface area (Å²) in [6.07, 6.45) is 0. The summed E-state index contributed by atoms with van der Waals surface area (Å²) in [5.74, 6) is -1.56. The van der Waals surface area contributed by atoms with Crippen LogP contribution in [-0.2, 0) is 9.59 Å². The van der Waals surface area contributed by atoms with E-state index in [1.807, 2.05) is 6.07 Å². The van der Waals surface area contributed by atoms with Crippen LogP contribution in [-0.4, -0.2) is 23.0 Å². The number of amides is 1. The number of nitrogens with one attached hydrogen (secondary N) is 1. The molecule has 0 bridgehead atoms. The molecule has 0 spiro atoms. The first kappa shape index (κ1) is 15.2. The Hall–Kier alpha value is -1.88. The fourth-order valence-electron chi connectivity index (χ4n) is 1.69. The fourth-order valence-corrected chi connectivity index (χ4v) is 1.69. The Bertz CT molecular complexity index is 452. The molecule has 0 aliphatic rings. The number of benzene rings is 1. The van der Waals surface area contributed by atoms with Crippen molar-refractivity contribution in [3.05, 3.63) is 35.9 Å². The third-order valence-corrected chi connectivity index (χ3v) is 2.84. The average Bonchev–Trinajstić information content (AvgIpc) is 2.34. The van der Waals surface area contributed by atoms with Gasteiger partial charge < -0.3 is 16.2 Å². The highest BCUT2D eigenvalue weighted by Crippen LogP contribution is 2.20.